The third-order valence-electron chi connectivity index (χ3n) is 18.2. The summed E-state index contributed by atoms with van der Waals surface area (Å²) in [7, 11) is 0. The van der Waals surface area contributed by atoms with Crippen molar-refractivity contribution in [2.45, 2.75) is 147 Å². The molecule has 8 rings (SSSR count). The standard InChI is InChI=1S/2C23H30N8O6.C19H23N5O4.C18H21N5O4/c2*1-12(32)29-17(8-9-18(33)34)22(37)31-19-13-5-2-3-6-15(13)28-11-14(19)21(36)30-16(20(24)35)7-4-10-27-23(25)26;20-15(21)7-4-10-22-19(28)13-11-23-14-6-2-1-5-12(14)18(13)24-16(25)8-3-9-17(26)27;19-14(20)7-8-15(24)23-17-11-4-1-2-5-13(11)22-10-12(17)18(27)21-9-3-6-16(25)26/h2*2-3,5-6,11,16-17H,4,7-10H2,1H3,(H2,24,35)(H,29,32)(H,30,36)(H,33,34)(H4,25,26,27)(H,28,31,37);1-2,5-6,11H,3-4,7-10H2,(H3,20,21)(H,22,28)(H,26,27)(H,23,24,25);1-2,4-5,10H,3,6-9H2,(H3,19,20)(H,21,27)(H,25,26)(H,22,23,24)/t2*16-,17-;;/m10../s1. The molecule has 0 spiro atoms. The molecule has 12 amide bonds. The van der Waals surface area contributed by atoms with Crippen LogP contribution in [-0.4, -0.2) is 209 Å². The smallest absolute Gasteiger partial charge is 0.303 e. The van der Waals surface area contributed by atoms with E-state index in [-0.39, 0.29) is 166 Å². The number of rotatable bonds is 45. The first kappa shape index (κ1) is 103. The summed E-state index contributed by atoms with van der Waals surface area (Å²) in [5.74, 6) is -11.6. The number of benzene rings is 4. The van der Waals surface area contributed by atoms with Crippen LogP contribution in [0.15, 0.2) is 132 Å². The molecule has 0 aliphatic heterocycles. The highest BCUT2D eigenvalue weighted by atomic mass is 16.4. The third kappa shape index (κ3) is 36.1. The van der Waals surface area contributed by atoms with Gasteiger partial charge in [-0.15, -0.1) is 0 Å². The highest BCUT2D eigenvalue weighted by Gasteiger charge is 2.30. The lowest BCUT2D eigenvalue weighted by molar-refractivity contribution is -0.138. The second-order valence-electron chi connectivity index (χ2n) is 28.4. The van der Waals surface area contributed by atoms with Crippen LogP contribution in [0.4, 0.5) is 22.7 Å². The van der Waals surface area contributed by atoms with Crippen LogP contribution in [0.2, 0.25) is 0 Å². The number of nitrogens with zero attached hydrogens (tertiary/aromatic N) is 6. The number of aliphatic imine (C=N–C) groups is 2. The minimum Gasteiger partial charge on any atom is -0.481 e. The predicted octanol–water partition coefficient (Wildman–Crippen LogP) is 1.72. The van der Waals surface area contributed by atoms with Crippen LogP contribution >= 0.6 is 0 Å². The molecule has 129 heavy (non-hydrogen) atoms. The SMILES string of the molecule is CC(=O)N[C@@H](CCC(=O)O)C(=O)Nc1c(C(=O)N[C@@H](CCCN=C(N)N)C(N)=O)cnc2ccccc12.CC(=O)N[C@H](CCC(=O)O)C(=O)Nc1c(C(=O)N[C@H](CCCN=C(N)N)C(N)=O)cnc2ccccc12.N=C(N)CCC(=O)Nc1c(C(=O)NCCCC(=O)O)cnc2ccccc12.N=C(N)CCCNC(=O)c1cnc2ccccc2c1NC(=O)CCCC(=O)O. The summed E-state index contributed by atoms with van der Waals surface area (Å²) in [5.41, 5.74) is 45.8. The fourth-order valence-electron chi connectivity index (χ4n) is 12.0. The van der Waals surface area contributed by atoms with Gasteiger partial charge in [-0.3, -0.25) is 117 Å². The molecule has 0 unspecified atom stereocenters. The number of hydrogen-bond acceptors (Lipinski definition) is 24. The van der Waals surface area contributed by atoms with Crippen molar-refractivity contribution in [1.82, 2.24) is 51.8 Å². The molecule has 0 saturated carbocycles. The first-order valence-electron chi connectivity index (χ1n) is 39.9. The Bertz CT molecular complexity index is 5340. The summed E-state index contributed by atoms with van der Waals surface area (Å²) in [6.45, 7) is 3.36. The van der Waals surface area contributed by atoms with Crippen LogP contribution in [0.3, 0.4) is 0 Å². The molecule has 4 aromatic carbocycles. The summed E-state index contributed by atoms with van der Waals surface area (Å²) in [5, 5.41) is 77.8. The van der Waals surface area contributed by atoms with Crippen LogP contribution in [0.25, 0.3) is 43.6 Å². The molecule has 0 aliphatic carbocycles. The fraction of sp³-hybridized carbons (Fsp3) is 0.325. The molecule has 686 valence electrons. The number of nitrogens with two attached hydrogens (primary N) is 8. The van der Waals surface area contributed by atoms with E-state index in [0.717, 1.165) is 0 Å². The van der Waals surface area contributed by atoms with E-state index < -0.39 is 107 Å². The number of carboxylic acid groups (broad SMARTS) is 4. The van der Waals surface area contributed by atoms with E-state index >= 15 is 0 Å². The number of carbonyl (C=O) groups excluding carboxylic acids is 12. The number of carboxylic acids is 4. The molecule has 0 bridgehead atoms. The number of para-hydroxylation sites is 4. The molecule has 0 aliphatic rings. The Labute approximate surface area is 736 Å². The Morgan fingerprint density at radius 1 is 0.341 bits per heavy atom. The second-order valence-corrected chi connectivity index (χ2v) is 28.4. The monoisotopic (exact) mass is 1780 g/mol. The van der Waals surface area contributed by atoms with Crippen molar-refractivity contribution in [3.63, 3.8) is 0 Å². The molecule has 0 radical (unpaired) electrons. The van der Waals surface area contributed by atoms with E-state index in [0.29, 0.717) is 93.6 Å². The number of aliphatic carboxylic acids is 4. The number of guanidine groups is 2. The Morgan fingerprint density at radius 2 is 0.643 bits per heavy atom. The molecule has 32 N–H and O–H groups in total. The molecule has 4 aromatic heterocycles. The number of amidine groups is 2. The van der Waals surface area contributed by atoms with Crippen molar-refractivity contribution in [2.24, 2.45) is 55.9 Å². The molecular formula is C83H104N26O20. The van der Waals surface area contributed by atoms with Crippen molar-refractivity contribution in [3.8, 4) is 0 Å². The van der Waals surface area contributed by atoms with E-state index in [1.165, 1.54) is 38.6 Å². The van der Waals surface area contributed by atoms with Gasteiger partial charge in [0.2, 0.25) is 47.3 Å². The van der Waals surface area contributed by atoms with Crippen molar-refractivity contribution < 1.29 is 97.1 Å². The van der Waals surface area contributed by atoms with E-state index in [9.17, 15) is 76.7 Å². The number of anilines is 4. The average molecular weight is 1790 g/mol. The number of carbonyl (C=O) groups is 16. The van der Waals surface area contributed by atoms with E-state index in [2.05, 4.69) is 83.1 Å². The maximum absolute atomic E-state index is 13.2. The van der Waals surface area contributed by atoms with Gasteiger partial charge in [0.1, 0.15) is 24.2 Å². The number of amides is 12. The predicted molar refractivity (Wildman–Crippen MR) is 476 cm³/mol. The topological polar surface area (TPSA) is 806 Å². The number of fused-ring (bicyclic) bond motifs is 4. The Morgan fingerprint density at radius 3 is 0.953 bits per heavy atom. The largest absolute Gasteiger partial charge is 0.481 e. The highest BCUT2D eigenvalue weighted by Crippen LogP contribution is 2.31. The maximum atomic E-state index is 13.2. The molecule has 46 nitrogen and oxygen atoms in total. The first-order valence-corrected chi connectivity index (χ1v) is 39.9. The minimum absolute atomic E-state index is 0.0195. The zero-order valence-electron chi connectivity index (χ0n) is 70.3. The van der Waals surface area contributed by atoms with E-state index in [1.807, 2.05) is 0 Å². The van der Waals surface area contributed by atoms with Gasteiger partial charge in [0.05, 0.1) is 78.7 Å². The van der Waals surface area contributed by atoms with Crippen molar-refractivity contribution in [2.75, 3.05) is 47.4 Å². The van der Waals surface area contributed by atoms with Gasteiger partial charge in [-0.25, -0.2) is 0 Å². The lowest BCUT2D eigenvalue weighted by Gasteiger charge is -2.20. The zero-order chi connectivity index (χ0) is 95.4. The molecule has 46 heteroatoms. The van der Waals surface area contributed by atoms with Crippen molar-refractivity contribution >= 4 is 185 Å². The van der Waals surface area contributed by atoms with Gasteiger partial charge in [0.25, 0.3) is 23.6 Å². The molecule has 4 atom stereocenters. The van der Waals surface area contributed by atoms with Gasteiger partial charge < -0.3 is 119 Å². The van der Waals surface area contributed by atoms with Gasteiger partial charge >= 0.3 is 23.9 Å². The first-order chi connectivity index (χ1) is 61.2. The van der Waals surface area contributed by atoms with Crippen LogP contribution < -0.4 is 99.0 Å². The summed E-state index contributed by atoms with van der Waals surface area (Å²) in [6.07, 6.45) is 6.57. The molecule has 4 heterocycles. The zero-order valence-corrected chi connectivity index (χ0v) is 70.3. The second kappa shape index (κ2) is 52.9. The van der Waals surface area contributed by atoms with Gasteiger partial charge in [0, 0.05) is 138 Å². The Hall–Kier alpha value is -16.5. The van der Waals surface area contributed by atoms with Gasteiger partial charge in [-0.05, 0) is 82.1 Å². The highest BCUT2D eigenvalue weighted by molar-refractivity contribution is 6.16. The Kier molecular flexibility index (Phi) is 42.2. The van der Waals surface area contributed by atoms with Gasteiger partial charge in [-0.1, -0.05) is 72.8 Å². The third-order valence-corrected chi connectivity index (χ3v) is 18.2. The lowest BCUT2D eigenvalue weighted by atomic mass is 10.1. The molecule has 0 fully saturated rings. The van der Waals surface area contributed by atoms with Crippen LogP contribution in [0.5, 0.6) is 0 Å². The average Bonchev–Trinajstić information content (AvgIpc) is 0.776. The van der Waals surface area contributed by atoms with Crippen LogP contribution in [0, 0.1) is 10.8 Å². The molecular weight excluding hydrogens is 1680 g/mol. The van der Waals surface area contributed by atoms with E-state index in [1.54, 1.807) is 97.1 Å². The van der Waals surface area contributed by atoms with E-state index in [4.69, 9.17) is 77.1 Å². The maximum Gasteiger partial charge on any atom is 0.303 e. The minimum atomic E-state index is -1.18. The van der Waals surface area contributed by atoms with Crippen molar-refractivity contribution in [1.29, 1.82) is 10.8 Å². The summed E-state index contributed by atoms with van der Waals surface area (Å²) >= 11 is 0. The number of hydrogen-bond donors (Lipinski definition) is 24. The number of nitrogens with one attached hydrogen (secondary N) is 12. The Balaban J connectivity index is 0.000000308. The van der Waals surface area contributed by atoms with Gasteiger partial charge in [-0.2, -0.15) is 0 Å². The summed E-state index contributed by atoms with van der Waals surface area (Å²) in [4.78, 5) is 217. The van der Waals surface area contributed by atoms with Crippen LogP contribution in [-0.2, 0) is 57.5 Å². The lowest BCUT2D eigenvalue weighted by Crippen LogP contribution is -2.45. The normalized spacial score (nSPS) is 11.4. The number of aromatic nitrogens is 4. The van der Waals surface area contributed by atoms with Crippen molar-refractivity contribution in [3.05, 3.63) is 144 Å². The molecule has 0 saturated heterocycles. The summed E-state index contributed by atoms with van der Waals surface area (Å²) < 4.78 is 0. The number of primary amides is 2. The molecule has 8 aromatic rings. The van der Waals surface area contributed by atoms with Crippen LogP contribution in [0.1, 0.15) is 164 Å². The quantitative estimate of drug-likeness (QED) is 0.0147. The van der Waals surface area contributed by atoms with Gasteiger partial charge in [0.15, 0.2) is 11.9 Å². The fourth-order valence-corrected chi connectivity index (χ4v) is 12.0. The number of pyridine rings is 4. The summed E-state index contributed by atoms with van der Waals surface area (Å²) in [6, 6.07) is 23.1.